The van der Waals surface area contributed by atoms with Crippen LogP contribution in [0.5, 0.6) is 0 Å². The summed E-state index contributed by atoms with van der Waals surface area (Å²) in [6, 6.07) is 17.1. The van der Waals surface area contributed by atoms with Crippen molar-refractivity contribution < 1.29 is 13.2 Å². The molecule has 1 aliphatic rings. The Kier molecular flexibility index (Phi) is 6.08. The third kappa shape index (κ3) is 4.51. The van der Waals surface area contributed by atoms with E-state index in [-0.39, 0.29) is 0 Å². The van der Waals surface area contributed by atoms with Gasteiger partial charge in [-0.3, -0.25) is 0 Å². The van der Waals surface area contributed by atoms with Crippen molar-refractivity contribution >= 4 is 6.08 Å². The molecular formula is C27H25F3. The first-order valence-corrected chi connectivity index (χ1v) is 10.6. The summed E-state index contributed by atoms with van der Waals surface area (Å²) in [5.41, 5.74) is 8.12. The monoisotopic (exact) mass is 406 g/mol. The van der Waals surface area contributed by atoms with Gasteiger partial charge in [-0.05, 0) is 83.7 Å². The molecule has 0 atom stereocenters. The van der Waals surface area contributed by atoms with Crippen LogP contribution in [0.1, 0.15) is 48.4 Å². The molecule has 0 N–H and O–H groups in total. The molecule has 0 unspecified atom stereocenters. The van der Waals surface area contributed by atoms with Gasteiger partial charge in [0.15, 0.2) is 17.5 Å². The van der Waals surface area contributed by atoms with E-state index >= 15 is 0 Å². The SMILES string of the molecule is CCCCC1=Cc2cc(-c3ccc(CCc4cc(F)c(F)c(F)c4)cc3)ccc2C1. The molecule has 0 aliphatic heterocycles. The second-order valence-corrected chi connectivity index (χ2v) is 8.07. The van der Waals surface area contributed by atoms with Crippen LogP contribution in [0.4, 0.5) is 13.2 Å². The molecule has 0 radical (unpaired) electrons. The molecule has 0 heterocycles. The lowest BCUT2D eigenvalue weighted by atomic mass is 9.98. The van der Waals surface area contributed by atoms with Crippen LogP contribution in [0.25, 0.3) is 17.2 Å². The molecule has 3 aromatic carbocycles. The Morgan fingerprint density at radius 3 is 2.10 bits per heavy atom. The minimum atomic E-state index is -1.41. The molecule has 3 heteroatoms. The number of hydrogen-bond donors (Lipinski definition) is 0. The average molecular weight is 406 g/mol. The minimum absolute atomic E-state index is 0.456. The fraction of sp³-hybridized carbons (Fsp3) is 0.259. The lowest BCUT2D eigenvalue weighted by Crippen LogP contribution is -1.97. The number of rotatable bonds is 7. The van der Waals surface area contributed by atoms with Crippen molar-refractivity contribution in [3.63, 3.8) is 0 Å². The summed E-state index contributed by atoms with van der Waals surface area (Å²) in [6.45, 7) is 2.22. The summed E-state index contributed by atoms with van der Waals surface area (Å²) in [7, 11) is 0. The zero-order valence-corrected chi connectivity index (χ0v) is 17.2. The molecule has 0 aromatic heterocycles. The van der Waals surface area contributed by atoms with Gasteiger partial charge in [-0.25, -0.2) is 13.2 Å². The van der Waals surface area contributed by atoms with Gasteiger partial charge in [0.05, 0.1) is 0 Å². The first-order valence-electron chi connectivity index (χ1n) is 10.6. The minimum Gasteiger partial charge on any atom is -0.204 e. The summed E-state index contributed by atoms with van der Waals surface area (Å²) in [4.78, 5) is 0. The zero-order chi connectivity index (χ0) is 21.1. The van der Waals surface area contributed by atoms with Gasteiger partial charge in [0.1, 0.15) is 0 Å². The third-order valence-electron chi connectivity index (χ3n) is 5.81. The first kappa shape index (κ1) is 20.5. The van der Waals surface area contributed by atoms with E-state index in [4.69, 9.17) is 0 Å². The van der Waals surface area contributed by atoms with Crippen LogP contribution in [-0.2, 0) is 19.3 Å². The van der Waals surface area contributed by atoms with Gasteiger partial charge in [-0.2, -0.15) is 0 Å². The van der Waals surface area contributed by atoms with Crippen molar-refractivity contribution in [1.82, 2.24) is 0 Å². The average Bonchev–Trinajstić information content (AvgIpc) is 3.17. The highest BCUT2D eigenvalue weighted by Gasteiger charge is 2.13. The Labute approximate surface area is 176 Å². The zero-order valence-electron chi connectivity index (χ0n) is 17.2. The number of halogens is 3. The number of fused-ring (bicyclic) bond motifs is 1. The van der Waals surface area contributed by atoms with Crippen LogP contribution in [0, 0.1) is 17.5 Å². The van der Waals surface area contributed by atoms with Crippen LogP contribution in [0.2, 0.25) is 0 Å². The lowest BCUT2D eigenvalue weighted by Gasteiger charge is -2.08. The van der Waals surface area contributed by atoms with Crippen LogP contribution < -0.4 is 0 Å². The summed E-state index contributed by atoms with van der Waals surface area (Å²) in [6.07, 6.45) is 8.14. The summed E-state index contributed by atoms with van der Waals surface area (Å²) in [5.74, 6) is -3.68. The van der Waals surface area contributed by atoms with Crippen molar-refractivity contribution in [3.05, 3.63) is 99.9 Å². The van der Waals surface area contributed by atoms with E-state index in [1.165, 1.54) is 41.5 Å². The smallest absolute Gasteiger partial charge is 0.194 e. The van der Waals surface area contributed by atoms with Crippen molar-refractivity contribution in [3.8, 4) is 11.1 Å². The predicted octanol–water partition coefficient (Wildman–Crippen LogP) is 7.69. The number of aryl methyl sites for hydroxylation is 2. The van der Waals surface area contributed by atoms with Crippen LogP contribution in [0.15, 0.2) is 60.2 Å². The fourth-order valence-electron chi connectivity index (χ4n) is 4.05. The number of hydrogen-bond acceptors (Lipinski definition) is 0. The number of unbranched alkanes of at least 4 members (excludes halogenated alkanes) is 1. The third-order valence-corrected chi connectivity index (χ3v) is 5.81. The van der Waals surface area contributed by atoms with Gasteiger partial charge in [-0.15, -0.1) is 0 Å². The molecular weight excluding hydrogens is 381 g/mol. The Bertz CT molecular complexity index is 1050. The van der Waals surface area contributed by atoms with Crippen molar-refractivity contribution in [1.29, 1.82) is 0 Å². The highest BCUT2D eigenvalue weighted by atomic mass is 19.2. The van der Waals surface area contributed by atoms with E-state index in [1.807, 2.05) is 12.1 Å². The van der Waals surface area contributed by atoms with E-state index in [0.717, 1.165) is 29.7 Å². The molecule has 0 bridgehead atoms. The Morgan fingerprint density at radius 2 is 1.40 bits per heavy atom. The summed E-state index contributed by atoms with van der Waals surface area (Å²) >= 11 is 0. The van der Waals surface area contributed by atoms with Crippen molar-refractivity contribution in [2.75, 3.05) is 0 Å². The van der Waals surface area contributed by atoms with E-state index < -0.39 is 17.5 Å². The summed E-state index contributed by atoms with van der Waals surface area (Å²) < 4.78 is 39.8. The second kappa shape index (κ2) is 8.91. The molecule has 30 heavy (non-hydrogen) atoms. The maximum atomic E-state index is 13.4. The van der Waals surface area contributed by atoms with Crippen LogP contribution in [-0.4, -0.2) is 0 Å². The highest BCUT2D eigenvalue weighted by molar-refractivity contribution is 5.72. The Balaban J connectivity index is 1.44. The van der Waals surface area contributed by atoms with Crippen LogP contribution >= 0.6 is 0 Å². The molecule has 0 fully saturated rings. The first-order chi connectivity index (χ1) is 14.5. The predicted molar refractivity (Wildman–Crippen MR) is 117 cm³/mol. The Hall–Kier alpha value is -2.81. The largest absolute Gasteiger partial charge is 0.204 e. The van der Waals surface area contributed by atoms with E-state index in [1.54, 1.807) is 0 Å². The standard InChI is InChI=1S/C27H25F3/c1-2-3-4-19-13-22-11-12-23(17-24(22)14-19)21-9-7-18(8-10-21)5-6-20-15-25(28)27(30)26(29)16-20/h7-12,14-17H,2-6,13H2,1H3. The normalized spacial score (nSPS) is 12.7. The Morgan fingerprint density at radius 1 is 0.733 bits per heavy atom. The topological polar surface area (TPSA) is 0 Å². The highest BCUT2D eigenvalue weighted by Crippen LogP contribution is 2.32. The quantitative estimate of drug-likeness (QED) is 0.353. The molecule has 1 aliphatic carbocycles. The number of benzene rings is 3. The number of allylic oxidation sites excluding steroid dienone is 1. The van der Waals surface area contributed by atoms with Gasteiger partial charge in [0, 0.05) is 0 Å². The van der Waals surface area contributed by atoms with Crippen molar-refractivity contribution in [2.45, 2.75) is 45.4 Å². The molecule has 0 saturated heterocycles. The van der Waals surface area contributed by atoms with Gasteiger partial charge < -0.3 is 0 Å². The fourth-order valence-corrected chi connectivity index (χ4v) is 4.05. The van der Waals surface area contributed by atoms with Gasteiger partial charge in [0.25, 0.3) is 0 Å². The maximum Gasteiger partial charge on any atom is 0.194 e. The second-order valence-electron chi connectivity index (χ2n) is 8.07. The molecule has 0 nitrogen and oxygen atoms in total. The summed E-state index contributed by atoms with van der Waals surface area (Å²) in [5, 5.41) is 0. The van der Waals surface area contributed by atoms with Gasteiger partial charge in [0.2, 0.25) is 0 Å². The van der Waals surface area contributed by atoms with Gasteiger partial charge >= 0.3 is 0 Å². The van der Waals surface area contributed by atoms with E-state index in [2.05, 4.69) is 43.3 Å². The van der Waals surface area contributed by atoms with Gasteiger partial charge in [-0.1, -0.05) is 61.4 Å². The molecule has 0 saturated carbocycles. The molecule has 0 spiro atoms. The van der Waals surface area contributed by atoms with E-state index in [0.29, 0.717) is 18.4 Å². The van der Waals surface area contributed by atoms with Crippen molar-refractivity contribution in [2.24, 2.45) is 0 Å². The maximum absolute atomic E-state index is 13.4. The molecule has 3 aromatic rings. The lowest BCUT2D eigenvalue weighted by molar-refractivity contribution is 0.445. The van der Waals surface area contributed by atoms with E-state index in [9.17, 15) is 13.2 Å². The van der Waals surface area contributed by atoms with Crippen LogP contribution in [0.3, 0.4) is 0 Å². The molecule has 4 rings (SSSR count). The molecule has 154 valence electrons. The molecule has 0 amide bonds.